The van der Waals surface area contributed by atoms with Crippen molar-refractivity contribution in [2.24, 2.45) is 0 Å². The summed E-state index contributed by atoms with van der Waals surface area (Å²) in [5.74, 6) is 4.00. The van der Waals surface area contributed by atoms with Crippen molar-refractivity contribution in [3.63, 3.8) is 0 Å². The van der Waals surface area contributed by atoms with E-state index in [0.717, 1.165) is 40.1 Å². The summed E-state index contributed by atoms with van der Waals surface area (Å²) >= 11 is 0. The third kappa shape index (κ3) is 6.22. The Labute approximate surface area is 314 Å². The van der Waals surface area contributed by atoms with Crippen LogP contribution in [0.1, 0.15) is 67.3 Å². The standard InChI is InChI=1S/C47H45BN4O/c1-30(2)38-16-13-17-39(31(3)4)46(38)51-25-24-50-47(51)35-14-12-15-36(28-35)53-37-21-22-41-43(29-37)52(44-20-10-11-23-49-44)42-19-9-8-18-40(42)48(41)45-33(6)26-32(5)27-34(45)7/h8-31H,1-7H3. The van der Waals surface area contributed by atoms with Gasteiger partial charge in [-0.05, 0) is 91.1 Å². The topological polar surface area (TPSA) is 43.2 Å². The number of pyridine rings is 1. The number of benzene rings is 5. The quantitative estimate of drug-likeness (QED) is 0.149. The number of aromatic nitrogens is 3. The number of ether oxygens (including phenoxy) is 1. The van der Waals surface area contributed by atoms with Gasteiger partial charge in [-0.3, -0.25) is 9.47 Å². The Morgan fingerprint density at radius 2 is 1.28 bits per heavy atom. The summed E-state index contributed by atoms with van der Waals surface area (Å²) in [6.07, 6.45) is 5.83. The molecule has 53 heavy (non-hydrogen) atoms. The summed E-state index contributed by atoms with van der Waals surface area (Å²) in [6.45, 7) is 15.7. The van der Waals surface area contributed by atoms with Crippen molar-refractivity contribution in [3.8, 4) is 28.6 Å². The van der Waals surface area contributed by atoms with Crippen LogP contribution in [0, 0.1) is 20.8 Å². The molecule has 1 aliphatic heterocycles. The Balaban J connectivity index is 1.23. The number of aryl methyl sites for hydroxylation is 3. The van der Waals surface area contributed by atoms with Gasteiger partial charge in [-0.1, -0.05) is 123 Å². The second-order valence-electron chi connectivity index (χ2n) is 14.9. The third-order valence-electron chi connectivity index (χ3n) is 10.5. The second-order valence-corrected chi connectivity index (χ2v) is 14.9. The third-order valence-corrected chi connectivity index (χ3v) is 10.5. The minimum absolute atomic E-state index is 0.0578. The lowest BCUT2D eigenvalue weighted by atomic mass is 9.34. The Hall–Kier alpha value is -5.88. The van der Waals surface area contributed by atoms with E-state index in [1.807, 2.05) is 30.6 Å². The highest BCUT2D eigenvalue weighted by molar-refractivity contribution is 6.98. The zero-order valence-corrected chi connectivity index (χ0v) is 31.6. The van der Waals surface area contributed by atoms with E-state index in [2.05, 4.69) is 161 Å². The largest absolute Gasteiger partial charge is 0.457 e. The highest BCUT2D eigenvalue weighted by Gasteiger charge is 2.37. The smallest absolute Gasteiger partial charge is 0.247 e. The molecule has 2 aromatic heterocycles. The molecule has 5 aromatic carbocycles. The van der Waals surface area contributed by atoms with Crippen LogP contribution in [0.25, 0.3) is 17.1 Å². The van der Waals surface area contributed by atoms with Gasteiger partial charge in [-0.2, -0.15) is 0 Å². The molecule has 6 heteroatoms. The summed E-state index contributed by atoms with van der Waals surface area (Å²) in [4.78, 5) is 12.0. The molecule has 5 nitrogen and oxygen atoms in total. The van der Waals surface area contributed by atoms with Gasteiger partial charge < -0.3 is 4.74 Å². The number of nitrogens with zero attached hydrogens (tertiary/aromatic N) is 4. The summed E-state index contributed by atoms with van der Waals surface area (Å²) in [5.41, 5.74) is 14.7. The lowest BCUT2D eigenvalue weighted by Gasteiger charge is -2.37. The number of rotatable bonds is 8. The minimum atomic E-state index is 0.0578. The van der Waals surface area contributed by atoms with E-state index in [9.17, 15) is 0 Å². The molecule has 0 N–H and O–H groups in total. The molecule has 7 aromatic rings. The van der Waals surface area contributed by atoms with Crippen LogP contribution in [-0.4, -0.2) is 21.2 Å². The maximum Gasteiger partial charge on any atom is 0.247 e. The van der Waals surface area contributed by atoms with E-state index in [-0.39, 0.29) is 6.71 Å². The fourth-order valence-electron chi connectivity index (χ4n) is 8.27. The Bertz CT molecular complexity index is 2400. The van der Waals surface area contributed by atoms with E-state index in [0.29, 0.717) is 11.8 Å². The van der Waals surface area contributed by atoms with Crippen LogP contribution in [0.3, 0.4) is 0 Å². The fourth-order valence-corrected chi connectivity index (χ4v) is 8.27. The molecule has 0 fully saturated rings. The molecular formula is C47H45BN4O. The summed E-state index contributed by atoms with van der Waals surface area (Å²) in [7, 11) is 0. The number of hydrogen-bond donors (Lipinski definition) is 0. The van der Waals surface area contributed by atoms with Gasteiger partial charge in [0.25, 0.3) is 0 Å². The van der Waals surface area contributed by atoms with Gasteiger partial charge in [0.1, 0.15) is 23.1 Å². The molecule has 8 rings (SSSR count). The first-order valence-corrected chi connectivity index (χ1v) is 18.7. The molecule has 0 spiro atoms. The predicted molar refractivity (Wildman–Crippen MR) is 221 cm³/mol. The van der Waals surface area contributed by atoms with Crippen LogP contribution in [0.2, 0.25) is 0 Å². The first-order chi connectivity index (χ1) is 25.7. The highest BCUT2D eigenvalue weighted by atomic mass is 16.5. The first kappa shape index (κ1) is 34.2. The SMILES string of the molecule is Cc1cc(C)c(B2c3ccccc3N(c3ccccn3)c3cc(Oc4cccc(-c5nccn5-c5c(C(C)C)cccc5C(C)C)c4)ccc32)c(C)c1. The van der Waals surface area contributed by atoms with Gasteiger partial charge in [0.05, 0.1) is 5.69 Å². The summed E-state index contributed by atoms with van der Waals surface area (Å²) in [6, 6.07) is 40.9. The van der Waals surface area contributed by atoms with Crippen LogP contribution in [-0.2, 0) is 0 Å². The van der Waals surface area contributed by atoms with Gasteiger partial charge in [-0.25, -0.2) is 9.97 Å². The molecule has 0 atom stereocenters. The van der Waals surface area contributed by atoms with Crippen molar-refractivity contribution >= 4 is 40.3 Å². The Kier molecular flexibility index (Phi) is 8.99. The van der Waals surface area contributed by atoms with E-state index in [4.69, 9.17) is 14.7 Å². The lowest BCUT2D eigenvalue weighted by molar-refractivity contribution is 0.483. The van der Waals surface area contributed by atoms with E-state index < -0.39 is 0 Å². The van der Waals surface area contributed by atoms with Crippen molar-refractivity contribution < 1.29 is 4.74 Å². The first-order valence-electron chi connectivity index (χ1n) is 18.7. The summed E-state index contributed by atoms with van der Waals surface area (Å²) in [5, 5.41) is 0. The van der Waals surface area contributed by atoms with E-state index in [1.165, 1.54) is 49.9 Å². The van der Waals surface area contributed by atoms with E-state index >= 15 is 0 Å². The van der Waals surface area contributed by atoms with Gasteiger partial charge in [0, 0.05) is 41.6 Å². The molecule has 0 unspecified atom stereocenters. The Morgan fingerprint density at radius 3 is 2.00 bits per heavy atom. The fraction of sp³-hybridized carbons (Fsp3) is 0.191. The minimum Gasteiger partial charge on any atom is -0.457 e. The van der Waals surface area contributed by atoms with Crippen LogP contribution < -0.4 is 26.0 Å². The van der Waals surface area contributed by atoms with Crippen LogP contribution in [0.4, 0.5) is 17.2 Å². The van der Waals surface area contributed by atoms with Gasteiger partial charge in [-0.15, -0.1) is 0 Å². The molecule has 0 bridgehead atoms. The molecule has 1 aliphatic rings. The van der Waals surface area contributed by atoms with Crippen molar-refractivity contribution in [2.75, 3.05) is 4.90 Å². The van der Waals surface area contributed by atoms with Gasteiger partial charge in [0.2, 0.25) is 6.71 Å². The molecule has 3 heterocycles. The highest BCUT2D eigenvalue weighted by Crippen LogP contribution is 2.39. The lowest BCUT2D eigenvalue weighted by Crippen LogP contribution is -2.58. The van der Waals surface area contributed by atoms with Gasteiger partial charge in [0.15, 0.2) is 0 Å². The predicted octanol–water partition coefficient (Wildman–Crippen LogP) is 10.2. The molecule has 0 amide bonds. The van der Waals surface area contributed by atoms with Crippen molar-refractivity contribution in [1.29, 1.82) is 0 Å². The number of fused-ring (bicyclic) bond motifs is 2. The molecule has 0 aliphatic carbocycles. The number of hydrogen-bond acceptors (Lipinski definition) is 4. The maximum absolute atomic E-state index is 6.74. The zero-order chi connectivity index (χ0) is 36.8. The molecule has 0 saturated carbocycles. The van der Waals surface area contributed by atoms with Crippen LogP contribution in [0.15, 0.2) is 134 Å². The average molecular weight is 693 g/mol. The second kappa shape index (κ2) is 13.9. The number of imidazole rings is 1. The van der Waals surface area contributed by atoms with Crippen LogP contribution in [0.5, 0.6) is 11.5 Å². The Morgan fingerprint density at radius 1 is 0.604 bits per heavy atom. The van der Waals surface area contributed by atoms with Crippen molar-refractivity contribution in [2.45, 2.75) is 60.3 Å². The molecular weight excluding hydrogens is 647 g/mol. The average Bonchev–Trinajstić information content (AvgIpc) is 3.64. The number of para-hydroxylation sites is 2. The summed E-state index contributed by atoms with van der Waals surface area (Å²) < 4.78 is 8.99. The van der Waals surface area contributed by atoms with Crippen molar-refractivity contribution in [3.05, 3.63) is 162 Å². The molecule has 262 valence electrons. The van der Waals surface area contributed by atoms with Crippen molar-refractivity contribution in [1.82, 2.24) is 14.5 Å². The zero-order valence-electron chi connectivity index (χ0n) is 31.6. The van der Waals surface area contributed by atoms with Gasteiger partial charge >= 0.3 is 0 Å². The number of anilines is 3. The van der Waals surface area contributed by atoms with Crippen LogP contribution >= 0.6 is 0 Å². The monoisotopic (exact) mass is 692 g/mol. The maximum atomic E-state index is 6.74. The normalized spacial score (nSPS) is 12.3. The van der Waals surface area contributed by atoms with E-state index in [1.54, 1.807) is 0 Å². The molecule has 0 saturated heterocycles. The molecule has 0 radical (unpaired) electrons.